The Hall–Kier alpha value is -4.10. The fourth-order valence-corrected chi connectivity index (χ4v) is 4.55. The highest BCUT2D eigenvalue weighted by atomic mass is 16.1. The number of hydrogen-bond donors (Lipinski definition) is 5. The predicted molar refractivity (Wildman–Crippen MR) is 149 cm³/mol. The van der Waals surface area contributed by atoms with Crippen LogP contribution in [-0.4, -0.2) is 15.9 Å². The highest BCUT2D eigenvalue weighted by molar-refractivity contribution is 6.06. The minimum absolute atomic E-state index is 0.173. The number of allylic oxidation sites excluding steroid dienone is 1. The van der Waals surface area contributed by atoms with Gasteiger partial charge in [0.2, 0.25) is 5.95 Å². The van der Waals surface area contributed by atoms with Crippen LogP contribution in [0.4, 0.5) is 23.0 Å². The fraction of sp³-hybridized carbons (Fsp3) is 0.241. The summed E-state index contributed by atoms with van der Waals surface area (Å²) in [6, 6.07) is 19.8. The van der Waals surface area contributed by atoms with Gasteiger partial charge in [-0.25, -0.2) is 10.4 Å². The molecule has 0 fully saturated rings. The minimum atomic E-state index is -0.173. The summed E-state index contributed by atoms with van der Waals surface area (Å²) in [4.78, 5) is 20.9. The molecule has 0 radical (unpaired) electrons. The Kier molecular flexibility index (Phi) is 6.73. The number of anilines is 4. The van der Waals surface area contributed by atoms with Gasteiger partial charge in [-0.15, -0.1) is 0 Å². The highest BCUT2D eigenvalue weighted by Gasteiger charge is 2.18. The molecule has 0 saturated heterocycles. The first-order chi connectivity index (χ1) is 17.5. The SMILES string of the molecule is C=C(CCCCC)c1ccccc1Nc1nc2ccc(C(=O)Nc3ccc4c(c3)NNC4C)cc2[nH]1. The number of carbonyl (C=O) groups excluding carboxylic acids is 1. The predicted octanol–water partition coefficient (Wildman–Crippen LogP) is 7.14. The molecular formula is C29H32N6O. The van der Waals surface area contributed by atoms with Crippen LogP contribution >= 0.6 is 0 Å². The maximum Gasteiger partial charge on any atom is 0.255 e. The summed E-state index contributed by atoms with van der Waals surface area (Å²) in [5, 5.41) is 6.40. The van der Waals surface area contributed by atoms with E-state index < -0.39 is 0 Å². The highest BCUT2D eigenvalue weighted by Crippen LogP contribution is 2.31. The van der Waals surface area contributed by atoms with Crippen molar-refractivity contribution in [1.29, 1.82) is 0 Å². The summed E-state index contributed by atoms with van der Waals surface area (Å²) in [5.41, 5.74) is 14.5. The average Bonchev–Trinajstić information content (AvgIpc) is 3.46. The summed E-state index contributed by atoms with van der Waals surface area (Å²) in [5.74, 6) is 0.455. The number of aromatic nitrogens is 2. The number of nitrogens with zero attached hydrogens (tertiary/aromatic N) is 1. The number of imidazole rings is 1. The summed E-state index contributed by atoms with van der Waals surface area (Å²) in [7, 11) is 0. The van der Waals surface area contributed by atoms with Crippen molar-refractivity contribution in [1.82, 2.24) is 15.4 Å². The molecule has 1 aromatic heterocycles. The second kappa shape index (κ2) is 10.3. The lowest BCUT2D eigenvalue weighted by Gasteiger charge is -2.12. The molecule has 0 saturated carbocycles. The lowest BCUT2D eigenvalue weighted by Crippen LogP contribution is -2.15. The molecule has 7 heteroatoms. The molecule has 5 N–H and O–H groups in total. The van der Waals surface area contributed by atoms with Crippen LogP contribution in [0.3, 0.4) is 0 Å². The zero-order chi connectivity index (χ0) is 25.1. The van der Waals surface area contributed by atoms with E-state index in [0.717, 1.165) is 52.1 Å². The normalized spacial score (nSPS) is 14.3. The lowest BCUT2D eigenvalue weighted by molar-refractivity contribution is 0.102. The number of amides is 1. The zero-order valence-corrected chi connectivity index (χ0v) is 20.7. The monoisotopic (exact) mass is 480 g/mol. The number of hydrogen-bond acceptors (Lipinski definition) is 5. The molecule has 1 amide bonds. The van der Waals surface area contributed by atoms with Crippen molar-refractivity contribution in [3.05, 3.63) is 83.9 Å². The summed E-state index contributed by atoms with van der Waals surface area (Å²) < 4.78 is 0. The van der Waals surface area contributed by atoms with Crippen molar-refractivity contribution in [3.8, 4) is 0 Å². The number of aromatic amines is 1. The van der Waals surface area contributed by atoms with E-state index in [1.807, 2.05) is 48.5 Å². The van der Waals surface area contributed by atoms with E-state index >= 15 is 0 Å². The van der Waals surface area contributed by atoms with Crippen LogP contribution in [0, 0.1) is 0 Å². The molecular weight excluding hydrogens is 448 g/mol. The molecule has 1 aliphatic heterocycles. The molecule has 2 heterocycles. The van der Waals surface area contributed by atoms with Gasteiger partial charge in [0, 0.05) is 22.5 Å². The Morgan fingerprint density at radius 2 is 1.94 bits per heavy atom. The van der Waals surface area contributed by atoms with E-state index in [1.165, 1.54) is 18.4 Å². The molecule has 0 bridgehead atoms. The standard InChI is InChI=1S/C29H32N6O/c1-4-5-6-9-18(2)22-10-7-8-11-24(22)31-29-32-25-15-12-20(16-27(25)33-29)28(36)30-21-13-14-23-19(3)34-35-26(23)17-21/h7-8,10-17,19,34-35H,2,4-6,9H2,1,3H3,(H,30,36)(H2,31,32,33). The van der Waals surface area contributed by atoms with Gasteiger partial charge in [0.1, 0.15) is 0 Å². The van der Waals surface area contributed by atoms with Crippen LogP contribution in [0.2, 0.25) is 0 Å². The number of para-hydroxylation sites is 1. The summed E-state index contributed by atoms with van der Waals surface area (Å²) in [6.07, 6.45) is 4.50. The van der Waals surface area contributed by atoms with Crippen molar-refractivity contribution in [3.63, 3.8) is 0 Å². The van der Waals surface area contributed by atoms with E-state index in [0.29, 0.717) is 11.5 Å². The Morgan fingerprint density at radius 1 is 1.08 bits per heavy atom. The number of carbonyl (C=O) groups is 1. The van der Waals surface area contributed by atoms with Crippen molar-refractivity contribution in [2.24, 2.45) is 0 Å². The first-order valence-corrected chi connectivity index (χ1v) is 12.5. The van der Waals surface area contributed by atoms with Gasteiger partial charge in [0.25, 0.3) is 5.91 Å². The number of nitrogens with one attached hydrogen (secondary N) is 5. The van der Waals surface area contributed by atoms with Gasteiger partial charge in [-0.05, 0) is 67.3 Å². The van der Waals surface area contributed by atoms with E-state index in [-0.39, 0.29) is 11.9 Å². The van der Waals surface area contributed by atoms with Crippen LogP contribution in [0.15, 0.2) is 67.2 Å². The third-order valence-corrected chi connectivity index (χ3v) is 6.59. The van der Waals surface area contributed by atoms with E-state index in [2.05, 4.69) is 57.9 Å². The molecule has 0 aliphatic carbocycles. The molecule has 5 rings (SSSR count). The Balaban J connectivity index is 1.31. The Bertz CT molecular complexity index is 1420. The Morgan fingerprint density at radius 3 is 2.81 bits per heavy atom. The van der Waals surface area contributed by atoms with Crippen LogP contribution < -0.4 is 21.5 Å². The van der Waals surface area contributed by atoms with Crippen LogP contribution in [0.1, 0.15) is 67.1 Å². The second-order valence-electron chi connectivity index (χ2n) is 9.30. The molecule has 1 unspecified atom stereocenters. The fourth-order valence-electron chi connectivity index (χ4n) is 4.55. The van der Waals surface area contributed by atoms with Crippen molar-refractivity contribution in [2.75, 3.05) is 16.1 Å². The number of H-pyrrole nitrogens is 1. The van der Waals surface area contributed by atoms with E-state index in [4.69, 9.17) is 0 Å². The van der Waals surface area contributed by atoms with E-state index in [9.17, 15) is 4.79 Å². The van der Waals surface area contributed by atoms with E-state index in [1.54, 1.807) is 6.07 Å². The quantitative estimate of drug-likeness (QED) is 0.164. The largest absolute Gasteiger partial charge is 0.325 e. The molecule has 7 nitrogen and oxygen atoms in total. The van der Waals surface area contributed by atoms with Gasteiger partial charge in [-0.2, -0.15) is 0 Å². The summed E-state index contributed by atoms with van der Waals surface area (Å²) >= 11 is 0. The Labute approximate surface area is 211 Å². The maximum absolute atomic E-state index is 12.9. The first kappa shape index (κ1) is 23.6. The van der Waals surface area contributed by atoms with Gasteiger partial charge >= 0.3 is 0 Å². The van der Waals surface area contributed by atoms with Gasteiger partial charge in [-0.1, -0.05) is 50.6 Å². The number of rotatable bonds is 9. The number of unbranched alkanes of at least 4 members (excludes halogenated alkanes) is 2. The van der Waals surface area contributed by atoms with Crippen molar-refractivity contribution < 1.29 is 4.79 Å². The molecule has 3 aromatic carbocycles. The van der Waals surface area contributed by atoms with Gasteiger partial charge in [-0.3, -0.25) is 4.79 Å². The first-order valence-electron chi connectivity index (χ1n) is 12.5. The minimum Gasteiger partial charge on any atom is -0.325 e. The maximum atomic E-state index is 12.9. The van der Waals surface area contributed by atoms with Gasteiger partial charge in [0.05, 0.1) is 22.8 Å². The number of fused-ring (bicyclic) bond motifs is 2. The zero-order valence-electron chi connectivity index (χ0n) is 20.7. The van der Waals surface area contributed by atoms with Crippen LogP contribution in [0.25, 0.3) is 16.6 Å². The van der Waals surface area contributed by atoms with Gasteiger partial charge < -0.3 is 21.0 Å². The molecule has 1 atom stereocenters. The van der Waals surface area contributed by atoms with Crippen LogP contribution in [-0.2, 0) is 0 Å². The van der Waals surface area contributed by atoms with Crippen molar-refractivity contribution >= 4 is 45.5 Å². The number of benzene rings is 3. The third-order valence-electron chi connectivity index (χ3n) is 6.59. The number of hydrazine groups is 1. The second-order valence-corrected chi connectivity index (χ2v) is 9.30. The smallest absolute Gasteiger partial charge is 0.255 e. The molecule has 184 valence electrons. The third kappa shape index (κ3) is 4.97. The topological polar surface area (TPSA) is 93.9 Å². The van der Waals surface area contributed by atoms with Gasteiger partial charge in [0.15, 0.2) is 0 Å². The average molecular weight is 481 g/mol. The molecule has 1 aliphatic rings. The molecule has 0 spiro atoms. The van der Waals surface area contributed by atoms with Crippen LogP contribution in [0.5, 0.6) is 0 Å². The molecule has 36 heavy (non-hydrogen) atoms. The summed E-state index contributed by atoms with van der Waals surface area (Å²) in [6.45, 7) is 8.60. The lowest BCUT2D eigenvalue weighted by atomic mass is 9.99. The molecule has 4 aromatic rings. The van der Waals surface area contributed by atoms with Crippen molar-refractivity contribution in [2.45, 2.75) is 45.6 Å².